The van der Waals surface area contributed by atoms with E-state index in [2.05, 4.69) is 27.8 Å². The molecule has 1 unspecified atom stereocenters. The molecule has 0 saturated heterocycles. The van der Waals surface area contributed by atoms with Crippen molar-refractivity contribution < 1.29 is 5.11 Å². The smallest absolute Gasteiger partial charge is 0.0992 e. The first kappa shape index (κ1) is 14.1. The fourth-order valence-electron chi connectivity index (χ4n) is 2.59. The molecular weight excluding hydrogens is 280 g/mol. The van der Waals surface area contributed by atoms with Crippen molar-refractivity contribution in [2.24, 2.45) is 0 Å². The van der Waals surface area contributed by atoms with Gasteiger partial charge in [-0.1, -0.05) is 6.07 Å². The van der Waals surface area contributed by atoms with Gasteiger partial charge in [-0.15, -0.1) is 0 Å². The zero-order valence-electron chi connectivity index (χ0n) is 12.0. The van der Waals surface area contributed by atoms with Gasteiger partial charge in [0.15, 0.2) is 0 Å². The summed E-state index contributed by atoms with van der Waals surface area (Å²) in [6.07, 6.45) is 1.83. The Balaban J connectivity index is 1.99. The Hall–Kier alpha value is -1.83. The fraction of sp³-hybridized carbons (Fsp3) is 0.353. The molecule has 1 saturated carbocycles. The highest BCUT2D eigenvalue weighted by molar-refractivity contribution is 7.07. The molecule has 0 aliphatic heterocycles. The molecule has 1 aliphatic rings. The summed E-state index contributed by atoms with van der Waals surface area (Å²) in [4.78, 5) is 2.34. The molecule has 1 fully saturated rings. The maximum Gasteiger partial charge on any atom is 0.0992 e. The maximum atomic E-state index is 10.0. The van der Waals surface area contributed by atoms with Crippen molar-refractivity contribution in [3.63, 3.8) is 0 Å². The standard InChI is InChI=1S/C17H18N2OS/c1-12(20)16-5-2-13(9-18)8-17(16)19(15-3-4-15)10-14-6-7-21-11-14/h2,5-8,11-12,15,20H,3-4,10H2,1H3. The predicted octanol–water partition coefficient (Wildman–Crippen LogP) is 3.84. The second-order valence-corrected chi connectivity index (χ2v) is 6.33. The van der Waals surface area contributed by atoms with E-state index in [9.17, 15) is 5.11 Å². The Kier molecular flexibility index (Phi) is 3.96. The highest BCUT2D eigenvalue weighted by Gasteiger charge is 2.31. The number of hydrogen-bond acceptors (Lipinski definition) is 4. The van der Waals surface area contributed by atoms with E-state index in [0.717, 1.165) is 17.8 Å². The first-order valence-electron chi connectivity index (χ1n) is 7.19. The molecule has 1 atom stereocenters. The van der Waals surface area contributed by atoms with Gasteiger partial charge in [0.05, 0.1) is 17.7 Å². The molecule has 0 radical (unpaired) electrons. The molecule has 4 heteroatoms. The number of benzene rings is 1. The minimum absolute atomic E-state index is 0.524. The molecule has 3 nitrogen and oxygen atoms in total. The van der Waals surface area contributed by atoms with Crippen molar-refractivity contribution in [2.45, 2.75) is 38.5 Å². The third kappa shape index (κ3) is 3.10. The monoisotopic (exact) mass is 298 g/mol. The third-order valence-corrected chi connectivity index (χ3v) is 4.57. The van der Waals surface area contributed by atoms with Crippen LogP contribution in [0.4, 0.5) is 5.69 Å². The van der Waals surface area contributed by atoms with Crippen molar-refractivity contribution in [1.82, 2.24) is 0 Å². The largest absolute Gasteiger partial charge is 0.389 e. The SMILES string of the molecule is CC(O)c1ccc(C#N)cc1N(Cc1ccsc1)C1CC1. The number of aliphatic hydroxyl groups is 1. The van der Waals surface area contributed by atoms with Crippen LogP contribution in [0, 0.1) is 11.3 Å². The highest BCUT2D eigenvalue weighted by atomic mass is 32.1. The first-order valence-corrected chi connectivity index (χ1v) is 8.13. The quantitative estimate of drug-likeness (QED) is 0.912. The van der Waals surface area contributed by atoms with Gasteiger partial charge in [0.25, 0.3) is 0 Å². The van der Waals surface area contributed by atoms with E-state index in [1.54, 1.807) is 24.3 Å². The van der Waals surface area contributed by atoms with Crippen LogP contribution in [0.5, 0.6) is 0 Å². The van der Waals surface area contributed by atoms with Gasteiger partial charge in [0.1, 0.15) is 0 Å². The number of thiophene rings is 1. The van der Waals surface area contributed by atoms with Crippen LogP contribution in [-0.2, 0) is 6.54 Å². The number of rotatable bonds is 5. The molecule has 1 N–H and O–H groups in total. The van der Waals surface area contributed by atoms with Gasteiger partial charge in [-0.3, -0.25) is 0 Å². The van der Waals surface area contributed by atoms with E-state index in [4.69, 9.17) is 5.26 Å². The van der Waals surface area contributed by atoms with Gasteiger partial charge in [-0.25, -0.2) is 0 Å². The van der Waals surface area contributed by atoms with Crippen LogP contribution in [0.25, 0.3) is 0 Å². The van der Waals surface area contributed by atoms with Gasteiger partial charge >= 0.3 is 0 Å². The lowest BCUT2D eigenvalue weighted by Crippen LogP contribution is -2.26. The summed E-state index contributed by atoms with van der Waals surface area (Å²) in [7, 11) is 0. The number of nitriles is 1. The average Bonchev–Trinajstić information content (AvgIpc) is 3.20. The topological polar surface area (TPSA) is 47.3 Å². The molecule has 0 spiro atoms. The molecule has 1 heterocycles. The normalized spacial score (nSPS) is 15.5. The van der Waals surface area contributed by atoms with Crippen molar-refractivity contribution in [3.05, 3.63) is 51.7 Å². The van der Waals surface area contributed by atoms with Crippen molar-refractivity contribution in [3.8, 4) is 6.07 Å². The fourth-order valence-corrected chi connectivity index (χ4v) is 3.25. The van der Waals surface area contributed by atoms with Crippen LogP contribution in [0.1, 0.15) is 42.6 Å². The molecular formula is C17H18N2OS. The van der Waals surface area contributed by atoms with E-state index in [1.165, 1.54) is 18.4 Å². The summed E-state index contributed by atoms with van der Waals surface area (Å²) < 4.78 is 0. The summed E-state index contributed by atoms with van der Waals surface area (Å²) in [5, 5.41) is 23.4. The zero-order valence-corrected chi connectivity index (χ0v) is 12.8. The van der Waals surface area contributed by atoms with E-state index in [-0.39, 0.29) is 0 Å². The molecule has 21 heavy (non-hydrogen) atoms. The van der Waals surface area contributed by atoms with Gasteiger partial charge in [0, 0.05) is 23.8 Å². The van der Waals surface area contributed by atoms with Crippen LogP contribution in [0.2, 0.25) is 0 Å². The summed E-state index contributed by atoms with van der Waals surface area (Å²) >= 11 is 1.70. The number of nitrogens with zero attached hydrogens (tertiary/aromatic N) is 2. The lowest BCUT2D eigenvalue weighted by Gasteiger charge is -2.28. The Morgan fingerprint density at radius 3 is 2.81 bits per heavy atom. The third-order valence-electron chi connectivity index (χ3n) is 3.84. The molecule has 0 amide bonds. The minimum Gasteiger partial charge on any atom is -0.389 e. The Morgan fingerprint density at radius 2 is 2.24 bits per heavy atom. The van der Waals surface area contributed by atoms with E-state index >= 15 is 0 Å². The second kappa shape index (κ2) is 5.88. The highest BCUT2D eigenvalue weighted by Crippen LogP contribution is 2.37. The summed E-state index contributed by atoms with van der Waals surface area (Å²) in [5.74, 6) is 0. The number of aliphatic hydroxyl groups excluding tert-OH is 1. The van der Waals surface area contributed by atoms with E-state index < -0.39 is 6.10 Å². The van der Waals surface area contributed by atoms with Crippen molar-refractivity contribution >= 4 is 17.0 Å². The minimum atomic E-state index is -0.531. The van der Waals surface area contributed by atoms with E-state index in [1.807, 2.05) is 12.1 Å². The molecule has 1 aromatic heterocycles. The van der Waals surface area contributed by atoms with Crippen LogP contribution < -0.4 is 4.90 Å². The Labute approximate surface area is 129 Å². The van der Waals surface area contributed by atoms with Crippen molar-refractivity contribution in [2.75, 3.05) is 4.90 Å². The predicted molar refractivity (Wildman–Crippen MR) is 85.3 cm³/mol. The Bertz CT molecular complexity index is 654. The molecule has 3 rings (SSSR count). The van der Waals surface area contributed by atoms with Crippen LogP contribution in [0.3, 0.4) is 0 Å². The van der Waals surface area contributed by atoms with Crippen molar-refractivity contribution in [1.29, 1.82) is 5.26 Å². The maximum absolute atomic E-state index is 10.0. The number of hydrogen-bond donors (Lipinski definition) is 1. The van der Waals surface area contributed by atoms with E-state index in [0.29, 0.717) is 11.6 Å². The molecule has 108 valence electrons. The second-order valence-electron chi connectivity index (χ2n) is 5.55. The average molecular weight is 298 g/mol. The molecule has 1 aliphatic carbocycles. The zero-order chi connectivity index (χ0) is 14.8. The molecule has 0 bridgehead atoms. The van der Waals surface area contributed by atoms with Crippen LogP contribution in [0.15, 0.2) is 35.0 Å². The lowest BCUT2D eigenvalue weighted by atomic mass is 10.0. The number of anilines is 1. The summed E-state index contributed by atoms with van der Waals surface area (Å²) in [6.45, 7) is 2.61. The molecule has 1 aromatic carbocycles. The van der Waals surface area contributed by atoms with Gasteiger partial charge in [-0.2, -0.15) is 16.6 Å². The molecule has 2 aromatic rings. The lowest BCUT2D eigenvalue weighted by molar-refractivity contribution is 0.199. The summed E-state index contributed by atoms with van der Waals surface area (Å²) in [5.41, 5.74) is 3.82. The van der Waals surface area contributed by atoms with Gasteiger partial charge in [-0.05, 0) is 54.3 Å². The summed E-state index contributed by atoms with van der Waals surface area (Å²) in [6, 6.07) is 10.4. The Morgan fingerprint density at radius 1 is 1.43 bits per heavy atom. The van der Waals surface area contributed by atoms with Gasteiger partial charge < -0.3 is 10.0 Å². The van der Waals surface area contributed by atoms with Crippen LogP contribution >= 0.6 is 11.3 Å². The van der Waals surface area contributed by atoms with Crippen LogP contribution in [-0.4, -0.2) is 11.1 Å². The first-order chi connectivity index (χ1) is 10.2. The van der Waals surface area contributed by atoms with Gasteiger partial charge in [0.2, 0.25) is 0 Å².